The maximum atomic E-state index is 12.8. The monoisotopic (exact) mass is 362 g/mol. The van der Waals surface area contributed by atoms with E-state index < -0.39 is 11.7 Å². The molecule has 1 aliphatic heterocycles. The molecular formula is C17H22N4O3S. The zero-order valence-corrected chi connectivity index (χ0v) is 15.6. The highest BCUT2D eigenvalue weighted by Gasteiger charge is 2.37. The molecule has 2 aromatic rings. The Morgan fingerprint density at radius 1 is 1.40 bits per heavy atom. The molecule has 3 rings (SSSR count). The van der Waals surface area contributed by atoms with Crippen LogP contribution in [0, 0.1) is 0 Å². The van der Waals surface area contributed by atoms with Crippen molar-refractivity contribution in [3.05, 3.63) is 23.3 Å². The predicted octanol–water partition coefficient (Wildman–Crippen LogP) is 2.82. The number of nitrogens with zero attached hydrogens (tertiary/aromatic N) is 3. The number of nitrogens with one attached hydrogen (secondary N) is 1. The van der Waals surface area contributed by atoms with Crippen molar-refractivity contribution in [2.75, 3.05) is 6.54 Å². The molecule has 25 heavy (non-hydrogen) atoms. The summed E-state index contributed by atoms with van der Waals surface area (Å²) in [6.45, 7) is 7.97. The van der Waals surface area contributed by atoms with E-state index in [1.54, 1.807) is 17.2 Å². The minimum Gasteiger partial charge on any atom is -0.444 e. The van der Waals surface area contributed by atoms with Gasteiger partial charge in [0, 0.05) is 18.8 Å². The first kappa shape index (κ1) is 17.6. The molecule has 0 unspecified atom stereocenters. The van der Waals surface area contributed by atoms with Crippen molar-refractivity contribution in [1.29, 1.82) is 0 Å². The molecule has 2 atom stereocenters. The molecule has 2 aromatic heterocycles. The lowest BCUT2D eigenvalue weighted by Crippen LogP contribution is -2.46. The summed E-state index contributed by atoms with van der Waals surface area (Å²) in [5, 5.41) is 3.29. The zero-order valence-electron chi connectivity index (χ0n) is 14.8. The van der Waals surface area contributed by atoms with Gasteiger partial charge in [-0.3, -0.25) is 4.79 Å². The van der Waals surface area contributed by atoms with Gasteiger partial charge in [0.1, 0.15) is 15.9 Å². The van der Waals surface area contributed by atoms with Gasteiger partial charge in [-0.1, -0.05) is 11.3 Å². The number of thiazole rings is 1. The number of ether oxygens (including phenoxy) is 1. The molecular weight excluding hydrogens is 340 g/mol. The van der Waals surface area contributed by atoms with Crippen LogP contribution in [0.5, 0.6) is 0 Å². The Bertz CT molecular complexity index is 766. The maximum absolute atomic E-state index is 12.8. The topological polar surface area (TPSA) is 84.4 Å². The number of carbonyl (C=O) groups excluding carboxylic acids is 2. The molecule has 0 bridgehead atoms. The third-order valence-electron chi connectivity index (χ3n) is 4.07. The first-order valence-electron chi connectivity index (χ1n) is 8.26. The third kappa shape index (κ3) is 3.89. The molecule has 134 valence electrons. The van der Waals surface area contributed by atoms with Gasteiger partial charge in [-0.25, -0.2) is 14.8 Å². The van der Waals surface area contributed by atoms with E-state index in [9.17, 15) is 9.59 Å². The van der Waals surface area contributed by atoms with Gasteiger partial charge in [0.25, 0.3) is 5.91 Å². The second-order valence-corrected chi connectivity index (χ2v) is 8.10. The number of likely N-dealkylation sites (tertiary alicyclic amines) is 1. The lowest BCUT2D eigenvalue weighted by Gasteiger charge is -2.26. The summed E-state index contributed by atoms with van der Waals surface area (Å²) in [7, 11) is 0. The Balaban J connectivity index is 1.67. The van der Waals surface area contributed by atoms with Crippen LogP contribution in [-0.2, 0) is 4.74 Å². The van der Waals surface area contributed by atoms with E-state index in [-0.39, 0.29) is 18.0 Å². The van der Waals surface area contributed by atoms with Gasteiger partial charge >= 0.3 is 6.09 Å². The Labute approximate surface area is 150 Å². The van der Waals surface area contributed by atoms with Gasteiger partial charge in [0.15, 0.2) is 5.01 Å². The number of aromatic nitrogens is 2. The van der Waals surface area contributed by atoms with E-state index in [1.165, 1.54) is 11.3 Å². The second kappa shape index (κ2) is 6.59. The molecule has 1 fully saturated rings. The van der Waals surface area contributed by atoms with Crippen molar-refractivity contribution >= 4 is 33.7 Å². The van der Waals surface area contributed by atoms with Crippen LogP contribution in [0.2, 0.25) is 0 Å². The second-order valence-electron chi connectivity index (χ2n) is 7.13. The average Bonchev–Trinajstić information content (AvgIpc) is 3.09. The molecule has 0 aliphatic carbocycles. The lowest BCUT2D eigenvalue weighted by atomic mass is 10.1. The van der Waals surface area contributed by atoms with Gasteiger partial charge < -0.3 is 15.0 Å². The summed E-state index contributed by atoms with van der Waals surface area (Å²) < 4.78 is 5.30. The highest BCUT2D eigenvalue weighted by molar-refractivity contribution is 7.19. The summed E-state index contributed by atoms with van der Waals surface area (Å²) in [4.78, 5) is 35.9. The van der Waals surface area contributed by atoms with Crippen LogP contribution in [0.25, 0.3) is 10.3 Å². The number of hydrogen-bond donors (Lipinski definition) is 1. The summed E-state index contributed by atoms with van der Waals surface area (Å²) in [5.74, 6) is -0.121. The number of rotatable bonds is 2. The van der Waals surface area contributed by atoms with E-state index in [2.05, 4.69) is 15.3 Å². The lowest BCUT2D eigenvalue weighted by molar-refractivity contribution is 0.0485. The van der Waals surface area contributed by atoms with Gasteiger partial charge in [0.2, 0.25) is 0 Å². The SMILES string of the molecule is C[C@H]1[C@H](NC(=O)OC(C)(C)C)CCN1C(=O)c1nc2cccnc2s1. The first-order chi connectivity index (χ1) is 11.7. The highest BCUT2D eigenvalue weighted by Crippen LogP contribution is 2.25. The van der Waals surface area contributed by atoms with Crippen LogP contribution in [0.1, 0.15) is 43.9 Å². The quantitative estimate of drug-likeness (QED) is 0.888. The molecule has 1 aliphatic rings. The van der Waals surface area contributed by atoms with Gasteiger partial charge in [0.05, 0.1) is 6.04 Å². The Kier molecular flexibility index (Phi) is 4.64. The van der Waals surface area contributed by atoms with Crippen molar-refractivity contribution in [2.45, 2.75) is 51.8 Å². The fourth-order valence-corrected chi connectivity index (χ4v) is 3.73. The molecule has 0 aromatic carbocycles. The normalized spacial score (nSPS) is 20.7. The van der Waals surface area contributed by atoms with Crippen LogP contribution in [-0.4, -0.2) is 51.1 Å². The summed E-state index contributed by atoms with van der Waals surface area (Å²) in [6, 6.07) is 3.39. The van der Waals surface area contributed by atoms with Crippen LogP contribution < -0.4 is 5.32 Å². The largest absolute Gasteiger partial charge is 0.444 e. The standard InChI is InChI=1S/C17H22N4O3S/c1-10-11(20-16(23)24-17(2,3)4)7-9-21(10)15(22)14-19-12-6-5-8-18-13(12)25-14/h5-6,8,10-11H,7,9H2,1-4H3,(H,20,23)/t10-,11+/m0/s1. The Morgan fingerprint density at radius 3 is 2.84 bits per heavy atom. The summed E-state index contributed by atoms with van der Waals surface area (Å²) >= 11 is 1.29. The van der Waals surface area contributed by atoms with Gasteiger partial charge in [-0.2, -0.15) is 0 Å². The van der Waals surface area contributed by atoms with Crippen molar-refractivity contribution in [3.8, 4) is 0 Å². The molecule has 0 saturated carbocycles. The number of pyridine rings is 1. The Hall–Kier alpha value is -2.22. The van der Waals surface area contributed by atoms with E-state index >= 15 is 0 Å². The highest BCUT2D eigenvalue weighted by atomic mass is 32.1. The first-order valence-corrected chi connectivity index (χ1v) is 9.08. The predicted molar refractivity (Wildman–Crippen MR) is 95.7 cm³/mol. The molecule has 1 saturated heterocycles. The maximum Gasteiger partial charge on any atom is 0.407 e. The number of alkyl carbamates (subject to hydrolysis) is 1. The van der Waals surface area contributed by atoms with Crippen molar-refractivity contribution in [1.82, 2.24) is 20.2 Å². The zero-order chi connectivity index (χ0) is 18.2. The van der Waals surface area contributed by atoms with Crippen LogP contribution >= 0.6 is 11.3 Å². The fourth-order valence-electron chi connectivity index (χ4n) is 2.86. The summed E-state index contributed by atoms with van der Waals surface area (Å²) in [6.07, 6.45) is 1.92. The van der Waals surface area contributed by atoms with E-state index in [0.29, 0.717) is 18.0 Å². The molecule has 3 heterocycles. The van der Waals surface area contributed by atoms with E-state index in [1.807, 2.05) is 33.8 Å². The fraction of sp³-hybridized carbons (Fsp3) is 0.529. The molecule has 0 radical (unpaired) electrons. The minimum atomic E-state index is -0.546. The molecule has 1 N–H and O–H groups in total. The Morgan fingerprint density at radius 2 is 2.16 bits per heavy atom. The summed E-state index contributed by atoms with van der Waals surface area (Å²) in [5.41, 5.74) is 0.182. The smallest absolute Gasteiger partial charge is 0.407 e. The third-order valence-corrected chi connectivity index (χ3v) is 5.03. The van der Waals surface area contributed by atoms with Crippen molar-refractivity contribution < 1.29 is 14.3 Å². The van der Waals surface area contributed by atoms with E-state index in [0.717, 1.165) is 10.3 Å². The number of fused-ring (bicyclic) bond motifs is 1. The molecule has 2 amide bonds. The number of carbonyl (C=O) groups is 2. The number of amides is 2. The van der Waals surface area contributed by atoms with Crippen LogP contribution in [0.15, 0.2) is 18.3 Å². The van der Waals surface area contributed by atoms with Crippen molar-refractivity contribution in [2.24, 2.45) is 0 Å². The molecule has 0 spiro atoms. The van der Waals surface area contributed by atoms with E-state index in [4.69, 9.17) is 4.74 Å². The minimum absolute atomic E-state index is 0.121. The van der Waals surface area contributed by atoms with Crippen LogP contribution in [0.4, 0.5) is 4.79 Å². The van der Waals surface area contributed by atoms with Crippen molar-refractivity contribution in [3.63, 3.8) is 0 Å². The molecule has 8 heteroatoms. The van der Waals surface area contributed by atoms with Crippen LogP contribution in [0.3, 0.4) is 0 Å². The van der Waals surface area contributed by atoms with Gasteiger partial charge in [-0.05, 0) is 46.2 Å². The van der Waals surface area contributed by atoms with Gasteiger partial charge in [-0.15, -0.1) is 0 Å². The average molecular weight is 362 g/mol. The molecule has 7 nitrogen and oxygen atoms in total. The number of hydrogen-bond acceptors (Lipinski definition) is 6.